The van der Waals surface area contributed by atoms with Crippen LogP contribution in [0, 0.1) is 0 Å². The summed E-state index contributed by atoms with van der Waals surface area (Å²) in [5, 5.41) is 0. The molecule has 0 saturated carbocycles. The molecule has 0 fully saturated rings. The lowest BCUT2D eigenvalue weighted by Crippen LogP contribution is -2.37. The summed E-state index contributed by atoms with van der Waals surface area (Å²) in [4.78, 5) is 38.0. The van der Waals surface area contributed by atoms with Gasteiger partial charge in [0.05, 0.1) is 27.7 Å². The zero-order valence-corrected chi connectivity index (χ0v) is 52.1. The minimum Gasteiger partial charge on any atom is -0.756 e. The van der Waals surface area contributed by atoms with Crippen LogP contribution in [0.15, 0.2) is 158 Å². The Morgan fingerprint density at radius 2 is 0.675 bits per heavy atom. The average molecular weight is 1130 g/mol. The molecular formula is C70H114NO8P. The number of phosphoric acid groups is 1. The van der Waals surface area contributed by atoms with Gasteiger partial charge in [-0.3, -0.25) is 14.2 Å². The molecule has 80 heavy (non-hydrogen) atoms. The lowest BCUT2D eigenvalue weighted by atomic mass is 10.1. The maximum absolute atomic E-state index is 12.8. The number of phosphoric ester groups is 1. The fourth-order valence-corrected chi connectivity index (χ4v) is 8.54. The molecule has 0 aromatic heterocycles. The summed E-state index contributed by atoms with van der Waals surface area (Å²) in [7, 11) is 1.13. The van der Waals surface area contributed by atoms with Crippen molar-refractivity contribution in [1.29, 1.82) is 0 Å². The van der Waals surface area contributed by atoms with Gasteiger partial charge in [0.15, 0.2) is 6.10 Å². The van der Waals surface area contributed by atoms with Gasteiger partial charge in [0.1, 0.15) is 19.8 Å². The molecule has 0 saturated heterocycles. The third-order valence-corrected chi connectivity index (χ3v) is 13.5. The standard InChI is InChI=1S/C70H114NO8P/c1-6-8-10-12-14-16-18-20-22-24-26-28-30-32-33-34-35-36-37-39-41-43-45-47-49-51-53-55-57-59-61-63-70(73)79-68(67-78-80(74,75)77-65-64-71(3,4)5)66-76-69(72)62-60-58-56-54-52-50-48-46-44-42-40-38-31-29-27-25-23-21-19-17-15-13-11-9-7-2/h8-11,14-17,20-23,26-29,32-33,35-36,38-41,45,47,68H,6-7,12-13,18-19,24-25,30-31,34,37,42-44,46,48-67H2,1-5H3/b10-8-,11-9-,16-14-,17-15-,22-20-,23-21-,28-26-,29-27-,33-32-,36-35-,40-38-,41-39-,47-45-. The molecule has 0 aliphatic rings. The highest BCUT2D eigenvalue weighted by Crippen LogP contribution is 2.38. The van der Waals surface area contributed by atoms with Gasteiger partial charge in [0.2, 0.25) is 0 Å². The minimum absolute atomic E-state index is 0.0444. The van der Waals surface area contributed by atoms with E-state index in [-0.39, 0.29) is 26.1 Å². The number of quaternary nitrogens is 1. The molecule has 0 heterocycles. The minimum atomic E-state index is -4.66. The topological polar surface area (TPSA) is 111 Å². The van der Waals surface area contributed by atoms with Crippen LogP contribution in [0.3, 0.4) is 0 Å². The van der Waals surface area contributed by atoms with Crippen molar-refractivity contribution < 1.29 is 42.1 Å². The third kappa shape index (κ3) is 62.8. The second kappa shape index (κ2) is 59.3. The Morgan fingerprint density at radius 1 is 0.388 bits per heavy atom. The molecular weight excluding hydrogens is 1010 g/mol. The van der Waals surface area contributed by atoms with Crippen molar-refractivity contribution in [2.24, 2.45) is 0 Å². The lowest BCUT2D eigenvalue weighted by Gasteiger charge is -2.28. The van der Waals surface area contributed by atoms with Gasteiger partial charge in [-0.05, 0) is 122 Å². The monoisotopic (exact) mass is 1130 g/mol. The Labute approximate surface area is 490 Å². The number of esters is 2. The predicted molar refractivity (Wildman–Crippen MR) is 341 cm³/mol. The first kappa shape index (κ1) is 75.6. The fraction of sp³-hybridized carbons (Fsp3) is 0.600. The van der Waals surface area contributed by atoms with Gasteiger partial charge in [0, 0.05) is 12.8 Å². The number of rotatable bonds is 55. The molecule has 0 aliphatic carbocycles. The summed E-state index contributed by atoms with van der Waals surface area (Å²) < 4.78 is 34.2. The Morgan fingerprint density at radius 3 is 1.00 bits per heavy atom. The molecule has 0 amide bonds. The van der Waals surface area contributed by atoms with E-state index >= 15 is 0 Å². The number of likely N-dealkylation sites (N-methyl/N-ethyl adjacent to an activating group) is 1. The van der Waals surface area contributed by atoms with Gasteiger partial charge in [0.25, 0.3) is 7.82 Å². The molecule has 0 bridgehead atoms. The largest absolute Gasteiger partial charge is 0.756 e. The molecule has 0 rings (SSSR count). The van der Waals surface area contributed by atoms with Crippen molar-refractivity contribution in [3.63, 3.8) is 0 Å². The zero-order chi connectivity index (χ0) is 58.4. The fourth-order valence-electron chi connectivity index (χ4n) is 7.82. The molecule has 0 aromatic rings. The van der Waals surface area contributed by atoms with E-state index in [0.29, 0.717) is 23.9 Å². The molecule has 452 valence electrons. The van der Waals surface area contributed by atoms with Crippen LogP contribution >= 0.6 is 7.82 Å². The second-order valence-corrected chi connectivity index (χ2v) is 22.7. The number of ether oxygens (including phenoxy) is 2. The highest BCUT2D eigenvalue weighted by molar-refractivity contribution is 7.45. The normalized spacial score (nSPS) is 14.3. The van der Waals surface area contributed by atoms with Crippen LogP contribution in [0.2, 0.25) is 0 Å². The summed E-state index contributed by atoms with van der Waals surface area (Å²) in [6.07, 6.45) is 88.6. The third-order valence-electron chi connectivity index (χ3n) is 12.5. The maximum atomic E-state index is 12.8. The number of allylic oxidation sites excluding steroid dienone is 26. The van der Waals surface area contributed by atoms with Gasteiger partial charge in [-0.1, -0.05) is 242 Å². The second-order valence-electron chi connectivity index (χ2n) is 21.3. The van der Waals surface area contributed by atoms with Gasteiger partial charge in [-0.15, -0.1) is 0 Å². The number of carbonyl (C=O) groups is 2. The number of carbonyl (C=O) groups excluding carboxylic acids is 2. The highest BCUT2D eigenvalue weighted by atomic mass is 31.2. The van der Waals surface area contributed by atoms with Crippen LogP contribution < -0.4 is 4.89 Å². The van der Waals surface area contributed by atoms with E-state index in [1.54, 1.807) is 0 Å². The van der Waals surface area contributed by atoms with Crippen molar-refractivity contribution in [1.82, 2.24) is 0 Å². The average Bonchev–Trinajstić information content (AvgIpc) is 3.42. The Bertz CT molecular complexity index is 1900. The summed E-state index contributed by atoms with van der Waals surface area (Å²) in [5.41, 5.74) is 0. The Hall–Kier alpha value is -4.37. The van der Waals surface area contributed by atoms with Crippen molar-refractivity contribution in [2.45, 2.75) is 225 Å². The van der Waals surface area contributed by atoms with Crippen molar-refractivity contribution in [3.8, 4) is 0 Å². The molecule has 0 aliphatic heterocycles. The number of hydrogen-bond donors (Lipinski definition) is 0. The number of hydrogen-bond acceptors (Lipinski definition) is 8. The quantitative estimate of drug-likeness (QED) is 0.0195. The van der Waals surface area contributed by atoms with Gasteiger partial charge in [-0.25, -0.2) is 0 Å². The van der Waals surface area contributed by atoms with Crippen LogP contribution in [-0.4, -0.2) is 70.0 Å². The van der Waals surface area contributed by atoms with Crippen LogP contribution in [0.4, 0.5) is 0 Å². The molecule has 0 N–H and O–H groups in total. The maximum Gasteiger partial charge on any atom is 0.306 e. The van der Waals surface area contributed by atoms with Crippen molar-refractivity contribution >= 4 is 19.8 Å². The first-order valence-electron chi connectivity index (χ1n) is 31.2. The van der Waals surface area contributed by atoms with Crippen LogP contribution in [-0.2, 0) is 32.7 Å². The smallest absolute Gasteiger partial charge is 0.306 e. The van der Waals surface area contributed by atoms with Gasteiger partial charge >= 0.3 is 11.9 Å². The first-order chi connectivity index (χ1) is 39.0. The van der Waals surface area contributed by atoms with Crippen LogP contribution in [0.1, 0.15) is 219 Å². The van der Waals surface area contributed by atoms with Gasteiger partial charge in [-0.2, -0.15) is 0 Å². The molecule has 0 aromatic carbocycles. The van der Waals surface area contributed by atoms with E-state index in [0.717, 1.165) is 148 Å². The van der Waals surface area contributed by atoms with Gasteiger partial charge < -0.3 is 27.9 Å². The summed E-state index contributed by atoms with van der Waals surface area (Å²) in [6, 6.07) is 0. The molecule has 0 radical (unpaired) electrons. The summed E-state index contributed by atoms with van der Waals surface area (Å²) >= 11 is 0. The molecule has 9 nitrogen and oxygen atoms in total. The summed E-state index contributed by atoms with van der Waals surface area (Å²) in [5.74, 6) is -0.869. The Kier molecular flexibility index (Phi) is 56.0. The van der Waals surface area contributed by atoms with E-state index in [1.807, 2.05) is 21.1 Å². The molecule has 10 heteroatoms. The number of nitrogens with zero attached hydrogens (tertiary/aromatic N) is 1. The van der Waals surface area contributed by atoms with E-state index in [9.17, 15) is 19.0 Å². The zero-order valence-electron chi connectivity index (χ0n) is 51.2. The van der Waals surface area contributed by atoms with E-state index < -0.39 is 32.5 Å². The Balaban J connectivity index is 4.24. The van der Waals surface area contributed by atoms with E-state index in [2.05, 4.69) is 172 Å². The van der Waals surface area contributed by atoms with Crippen LogP contribution in [0.25, 0.3) is 0 Å². The number of unbranched alkanes of at least 4 members (excludes halogenated alkanes) is 15. The predicted octanol–water partition coefficient (Wildman–Crippen LogP) is 19.4. The molecule has 2 unspecified atom stereocenters. The SMILES string of the molecule is CC/C=C\C/C=C\C/C=C\C/C=C\C/C=C\C/C=C\C/C=C\C/C=C\CCCCCCCCC(=O)OC(COC(=O)CCCCCCCCCCC/C=C\C/C=C\C/C=C\C/C=C\C/C=C\CC)COP(=O)([O-])OCC[N+](C)(C)C. The van der Waals surface area contributed by atoms with Crippen LogP contribution in [0.5, 0.6) is 0 Å². The van der Waals surface area contributed by atoms with E-state index in [4.69, 9.17) is 18.5 Å². The van der Waals surface area contributed by atoms with Crippen molar-refractivity contribution in [2.75, 3.05) is 47.5 Å². The van der Waals surface area contributed by atoms with E-state index in [1.165, 1.54) is 32.1 Å². The lowest BCUT2D eigenvalue weighted by molar-refractivity contribution is -0.870. The summed E-state index contributed by atoms with van der Waals surface area (Å²) in [6.45, 7) is 3.97. The highest BCUT2D eigenvalue weighted by Gasteiger charge is 2.22. The first-order valence-corrected chi connectivity index (χ1v) is 32.7. The molecule has 2 atom stereocenters. The molecule has 0 spiro atoms. The van der Waals surface area contributed by atoms with Crippen molar-refractivity contribution in [3.05, 3.63) is 158 Å².